The predicted molar refractivity (Wildman–Crippen MR) is 75.3 cm³/mol. The fourth-order valence-corrected chi connectivity index (χ4v) is 1.77. The quantitative estimate of drug-likeness (QED) is 0.536. The van der Waals surface area contributed by atoms with Crippen molar-refractivity contribution in [1.29, 1.82) is 0 Å². The van der Waals surface area contributed by atoms with Crippen LogP contribution in [0.25, 0.3) is 5.69 Å². The lowest BCUT2D eigenvalue weighted by Crippen LogP contribution is -2.13. The lowest BCUT2D eigenvalue weighted by molar-refractivity contribution is -0.137. The van der Waals surface area contributed by atoms with Crippen molar-refractivity contribution in [3.8, 4) is 5.69 Å². The lowest BCUT2D eigenvalue weighted by Gasteiger charge is -2.11. The van der Waals surface area contributed by atoms with Gasteiger partial charge in [-0.05, 0) is 30.7 Å². The van der Waals surface area contributed by atoms with E-state index < -0.39 is 11.7 Å². The summed E-state index contributed by atoms with van der Waals surface area (Å²) >= 11 is 5.53. The highest BCUT2D eigenvalue weighted by molar-refractivity contribution is 6.28. The van der Waals surface area contributed by atoms with E-state index in [-0.39, 0.29) is 17.4 Å². The number of nitrogens with zero attached hydrogens (tertiary/aromatic N) is 3. The van der Waals surface area contributed by atoms with Gasteiger partial charge >= 0.3 is 6.18 Å². The van der Waals surface area contributed by atoms with Crippen LogP contribution in [0.3, 0.4) is 0 Å². The first-order valence-corrected chi connectivity index (χ1v) is 6.46. The van der Waals surface area contributed by atoms with E-state index in [0.717, 1.165) is 17.7 Å². The van der Waals surface area contributed by atoms with E-state index >= 15 is 0 Å². The van der Waals surface area contributed by atoms with E-state index in [9.17, 15) is 13.2 Å². The maximum atomic E-state index is 12.8. The monoisotopic (exact) mass is 316 g/mol. The summed E-state index contributed by atoms with van der Waals surface area (Å²) in [5.74, 6) is -0.0468. The van der Waals surface area contributed by atoms with Gasteiger partial charge in [0.1, 0.15) is 5.84 Å². The highest BCUT2D eigenvalue weighted by Gasteiger charge is 2.31. The van der Waals surface area contributed by atoms with Crippen molar-refractivity contribution >= 4 is 23.1 Å². The van der Waals surface area contributed by atoms with Gasteiger partial charge in [-0.1, -0.05) is 0 Å². The van der Waals surface area contributed by atoms with Gasteiger partial charge in [-0.2, -0.15) is 18.3 Å². The van der Waals surface area contributed by atoms with Crippen LogP contribution in [0.1, 0.15) is 11.1 Å². The van der Waals surface area contributed by atoms with Crippen molar-refractivity contribution in [3.05, 3.63) is 41.7 Å². The lowest BCUT2D eigenvalue weighted by atomic mass is 10.1. The summed E-state index contributed by atoms with van der Waals surface area (Å²) in [5, 5.41) is 4.06. The zero-order chi connectivity index (χ0) is 15.6. The highest BCUT2D eigenvalue weighted by atomic mass is 35.5. The van der Waals surface area contributed by atoms with Crippen molar-refractivity contribution in [3.63, 3.8) is 0 Å². The second-order valence-corrected chi connectivity index (χ2v) is 4.67. The van der Waals surface area contributed by atoms with Crippen LogP contribution < -0.4 is 5.73 Å². The number of hydrogen-bond donors (Lipinski definition) is 1. The number of aromatic nitrogens is 2. The van der Waals surface area contributed by atoms with Crippen LogP contribution in [-0.2, 0) is 6.18 Å². The van der Waals surface area contributed by atoms with Crippen molar-refractivity contribution < 1.29 is 13.2 Å². The Bertz CT molecular complexity index is 676. The molecule has 0 saturated heterocycles. The molecule has 0 bridgehead atoms. The summed E-state index contributed by atoms with van der Waals surface area (Å²) in [5.41, 5.74) is 6.04. The average Bonchev–Trinajstić information content (AvgIpc) is 2.84. The molecule has 0 saturated carbocycles. The van der Waals surface area contributed by atoms with Crippen LogP contribution in [0.4, 0.5) is 18.9 Å². The molecule has 0 aliphatic rings. The average molecular weight is 317 g/mol. The summed E-state index contributed by atoms with van der Waals surface area (Å²) in [6.07, 6.45) is -1.19. The van der Waals surface area contributed by atoms with Gasteiger partial charge in [0.15, 0.2) is 0 Å². The standard InChI is InChI=1S/C13H12ClF3N4/c1-8-6-19-21(7-8)11-3-2-9(13(15,16)17)4-10(11)20-12(18)5-14/h2-4,6-7H,5H2,1H3,(H2,18,20). The van der Waals surface area contributed by atoms with Gasteiger partial charge in [0.05, 0.1) is 29.0 Å². The Labute approximate surface area is 124 Å². The molecule has 0 spiro atoms. The molecule has 21 heavy (non-hydrogen) atoms. The van der Waals surface area contributed by atoms with Gasteiger partial charge in [-0.15, -0.1) is 11.6 Å². The fraction of sp³-hybridized carbons (Fsp3) is 0.231. The van der Waals surface area contributed by atoms with Gasteiger partial charge in [0.2, 0.25) is 0 Å². The van der Waals surface area contributed by atoms with Crippen LogP contribution in [0.15, 0.2) is 35.6 Å². The van der Waals surface area contributed by atoms with E-state index in [2.05, 4.69) is 10.1 Å². The Kier molecular flexibility index (Phi) is 4.22. The zero-order valence-corrected chi connectivity index (χ0v) is 11.8. The van der Waals surface area contributed by atoms with E-state index in [1.165, 1.54) is 10.7 Å². The second-order valence-electron chi connectivity index (χ2n) is 4.40. The van der Waals surface area contributed by atoms with Gasteiger partial charge in [-0.3, -0.25) is 0 Å². The topological polar surface area (TPSA) is 56.2 Å². The summed E-state index contributed by atoms with van der Waals surface area (Å²) in [7, 11) is 0. The molecule has 2 N–H and O–H groups in total. The molecule has 1 aromatic carbocycles. The van der Waals surface area contributed by atoms with Gasteiger partial charge in [0.25, 0.3) is 0 Å². The van der Waals surface area contributed by atoms with E-state index in [1.807, 2.05) is 6.92 Å². The summed E-state index contributed by atoms with van der Waals surface area (Å²) in [6, 6.07) is 3.20. The Hall–Kier alpha value is -2.02. The molecule has 2 rings (SSSR count). The van der Waals surface area contributed by atoms with Crippen LogP contribution in [0, 0.1) is 6.92 Å². The third kappa shape index (κ3) is 3.55. The first kappa shape index (κ1) is 15.4. The molecule has 1 heterocycles. The molecule has 1 aromatic heterocycles. The molecule has 0 unspecified atom stereocenters. The first-order chi connectivity index (χ1) is 9.81. The molecule has 8 heteroatoms. The van der Waals surface area contributed by atoms with Gasteiger partial charge in [0, 0.05) is 6.20 Å². The molecule has 112 valence electrons. The highest BCUT2D eigenvalue weighted by Crippen LogP contribution is 2.34. The number of benzene rings is 1. The molecule has 0 aliphatic heterocycles. The van der Waals surface area contributed by atoms with E-state index in [4.69, 9.17) is 17.3 Å². The Balaban J connectivity index is 2.59. The minimum atomic E-state index is -4.46. The molecule has 2 aromatic rings. The third-order valence-electron chi connectivity index (χ3n) is 2.66. The Morgan fingerprint density at radius 3 is 2.67 bits per heavy atom. The number of hydrogen-bond acceptors (Lipinski definition) is 2. The van der Waals surface area contributed by atoms with Crippen molar-refractivity contribution in [2.75, 3.05) is 5.88 Å². The molecule has 0 fully saturated rings. The molecule has 0 atom stereocenters. The minimum absolute atomic E-state index is 0.0288. The molecular weight excluding hydrogens is 305 g/mol. The summed E-state index contributed by atoms with van der Waals surface area (Å²) in [4.78, 5) is 3.94. The van der Waals surface area contributed by atoms with Crippen LogP contribution in [0.5, 0.6) is 0 Å². The minimum Gasteiger partial charge on any atom is -0.386 e. The number of halogens is 4. The second kappa shape index (κ2) is 5.77. The summed E-state index contributed by atoms with van der Waals surface area (Å²) in [6.45, 7) is 1.82. The number of nitrogens with two attached hydrogens (primary N) is 1. The molecule has 0 amide bonds. The zero-order valence-electron chi connectivity index (χ0n) is 11.0. The number of amidine groups is 1. The SMILES string of the molecule is Cc1cnn(-c2ccc(C(F)(F)F)cc2N=C(N)CCl)c1. The fourth-order valence-electron chi connectivity index (χ4n) is 1.71. The van der Waals surface area contributed by atoms with Gasteiger partial charge < -0.3 is 5.73 Å². The third-order valence-corrected chi connectivity index (χ3v) is 2.94. The van der Waals surface area contributed by atoms with E-state index in [1.54, 1.807) is 12.4 Å². The number of alkyl halides is 4. The Morgan fingerprint density at radius 1 is 1.43 bits per heavy atom. The number of rotatable bonds is 3. The van der Waals surface area contributed by atoms with Crippen molar-refractivity contribution in [2.24, 2.45) is 10.7 Å². The molecule has 4 nitrogen and oxygen atoms in total. The number of aryl methyl sites for hydroxylation is 1. The maximum Gasteiger partial charge on any atom is 0.416 e. The van der Waals surface area contributed by atoms with Crippen LogP contribution in [0.2, 0.25) is 0 Å². The van der Waals surface area contributed by atoms with E-state index in [0.29, 0.717) is 5.69 Å². The Morgan fingerprint density at radius 2 is 2.14 bits per heavy atom. The molecular formula is C13H12ClF3N4. The van der Waals surface area contributed by atoms with Crippen molar-refractivity contribution in [1.82, 2.24) is 9.78 Å². The normalized spacial score (nSPS) is 12.7. The van der Waals surface area contributed by atoms with Crippen molar-refractivity contribution in [2.45, 2.75) is 13.1 Å². The largest absolute Gasteiger partial charge is 0.416 e. The first-order valence-electron chi connectivity index (χ1n) is 5.93. The predicted octanol–water partition coefficient (Wildman–Crippen LogP) is 3.43. The summed E-state index contributed by atoms with van der Waals surface area (Å²) < 4.78 is 39.8. The van der Waals surface area contributed by atoms with Crippen LogP contribution in [-0.4, -0.2) is 21.5 Å². The maximum absolute atomic E-state index is 12.8. The molecule has 0 aliphatic carbocycles. The molecule has 0 radical (unpaired) electrons. The smallest absolute Gasteiger partial charge is 0.386 e. The number of aliphatic imine (C=N–C) groups is 1. The van der Waals surface area contributed by atoms with Gasteiger partial charge in [-0.25, -0.2) is 9.67 Å². The van der Waals surface area contributed by atoms with Crippen LogP contribution >= 0.6 is 11.6 Å².